The molecule has 0 aliphatic heterocycles. The van der Waals surface area contributed by atoms with Gasteiger partial charge < -0.3 is 9.84 Å². The molecule has 0 amide bonds. The van der Waals surface area contributed by atoms with Gasteiger partial charge in [-0.1, -0.05) is 50.6 Å². The smallest absolute Gasteiger partial charge is 0.305 e. The Morgan fingerprint density at radius 2 is 2.00 bits per heavy atom. The average Bonchev–Trinajstić information content (AvgIpc) is 2.45. The third-order valence-corrected chi connectivity index (χ3v) is 3.31. The SMILES string of the molecule is CCCCOC(=O)CCC(O)C(C)c1ccccc1. The molecule has 0 saturated heterocycles. The second-order valence-corrected chi connectivity index (χ2v) is 4.88. The van der Waals surface area contributed by atoms with Crippen molar-refractivity contribution in [3.8, 4) is 0 Å². The summed E-state index contributed by atoms with van der Waals surface area (Å²) in [4.78, 5) is 11.4. The number of aliphatic hydroxyl groups is 1. The van der Waals surface area contributed by atoms with Gasteiger partial charge in [0.15, 0.2) is 0 Å². The van der Waals surface area contributed by atoms with E-state index in [4.69, 9.17) is 4.74 Å². The number of carbonyl (C=O) groups excluding carboxylic acids is 1. The number of ether oxygens (including phenoxy) is 1. The summed E-state index contributed by atoms with van der Waals surface area (Å²) in [7, 11) is 0. The van der Waals surface area contributed by atoms with Crippen LogP contribution in [0.15, 0.2) is 30.3 Å². The molecule has 106 valence electrons. The topological polar surface area (TPSA) is 46.5 Å². The number of aliphatic hydroxyl groups excluding tert-OH is 1. The van der Waals surface area contributed by atoms with Crippen molar-refractivity contribution in [2.45, 2.75) is 51.6 Å². The Morgan fingerprint density at radius 3 is 2.63 bits per heavy atom. The fraction of sp³-hybridized carbons (Fsp3) is 0.562. The second kappa shape index (κ2) is 8.70. The average molecular weight is 264 g/mol. The first-order valence-corrected chi connectivity index (χ1v) is 7.03. The Balaban J connectivity index is 2.31. The lowest BCUT2D eigenvalue weighted by Crippen LogP contribution is -2.18. The summed E-state index contributed by atoms with van der Waals surface area (Å²) in [6.07, 6.45) is 2.12. The second-order valence-electron chi connectivity index (χ2n) is 4.88. The summed E-state index contributed by atoms with van der Waals surface area (Å²) in [6, 6.07) is 9.85. The molecule has 0 aliphatic carbocycles. The van der Waals surface area contributed by atoms with Gasteiger partial charge in [0, 0.05) is 12.3 Å². The van der Waals surface area contributed by atoms with Crippen molar-refractivity contribution in [1.29, 1.82) is 0 Å². The first kappa shape index (κ1) is 15.7. The number of carbonyl (C=O) groups is 1. The maximum Gasteiger partial charge on any atom is 0.305 e. The number of hydrogen-bond donors (Lipinski definition) is 1. The van der Waals surface area contributed by atoms with Crippen LogP contribution in [0, 0.1) is 0 Å². The van der Waals surface area contributed by atoms with Crippen molar-refractivity contribution >= 4 is 5.97 Å². The monoisotopic (exact) mass is 264 g/mol. The Morgan fingerprint density at radius 1 is 1.32 bits per heavy atom. The van der Waals surface area contributed by atoms with Crippen molar-refractivity contribution in [1.82, 2.24) is 0 Å². The molecule has 0 radical (unpaired) electrons. The Labute approximate surface area is 115 Å². The molecule has 1 N–H and O–H groups in total. The standard InChI is InChI=1S/C16H24O3/c1-3-4-12-19-16(18)11-10-15(17)13(2)14-8-6-5-7-9-14/h5-9,13,15,17H,3-4,10-12H2,1-2H3. The summed E-state index contributed by atoms with van der Waals surface area (Å²) in [5.74, 6) is -0.183. The van der Waals surface area contributed by atoms with Gasteiger partial charge in [0.2, 0.25) is 0 Å². The van der Waals surface area contributed by atoms with Crippen LogP contribution in [0.1, 0.15) is 51.0 Å². The van der Waals surface area contributed by atoms with E-state index in [0.717, 1.165) is 18.4 Å². The normalized spacial score (nSPS) is 13.8. The van der Waals surface area contributed by atoms with Crippen LogP contribution in [0.25, 0.3) is 0 Å². The lowest BCUT2D eigenvalue weighted by atomic mass is 9.93. The molecule has 3 nitrogen and oxygen atoms in total. The number of rotatable bonds is 8. The van der Waals surface area contributed by atoms with Crippen LogP contribution < -0.4 is 0 Å². The van der Waals surface area contributed by atoms with Gasteiger partial charge in [-0.2, -0.15) is 0 Å². The fourth-order valence-electron chi connectivity index (χ4n) is 1.90. The van der Waals surface area contributed by atoms with E-state index in [-0.39, 0.29) is 18.3 Å². The van der Waals surface area contributed by atoms with E-state index in [9.17, 15) is 9.90 Å². The summed E-state index contributed by atoms with van der Waals surface area (Å²) in [6.45, 7) is 4.52. The predicted octanol–water partition coefficient (Wildman–Crippen LogP) is 3.27. The summed E-state index contributed by atoms with van der Waals surface area (Å²) in [5, 5.41) is 10.1. The zero-order valence-corrected chi connectivity index (χ0v) is 11.8. The first-order valence-electron chi connectivity index (χ1n) is 7.03. The van der Waals surface area contributed by atoms with Crippen molar-refractivity contribution in [3.63, 3.8) is 0 Å². The molecule has 0 bridgehead atoms. The Bertz CT molecular complexity index is 362. The minimum absolute atomic E-state index is 0.0321. The van der Waals surface area contributed by atoms with Crippen LogP contribution >= 0.6 is 0 Å². The van der Waals surface area contributed by atoms with E-state index < -0.39 is 6.10 Å². The summed E-state index contributed by atoms with van der Waals surface area (Å²) in [5.41, 5.74) is 1.09. The van der Waals surface area contributed by atoms with Crippen molar-refractivity contribution in [2.24, 2.45) is 0 Å². The van der Waals surface area contributed by atoms with Gasteiger partial charge in [0.25, 0.3) is 0 Å². The molecule has 0 aliphatic rings. The van der Waals surface area contributed by atoms with Crippen molar-refractivity contribution < 1.29 is 14.6 Å². The minimum Gasteiger partial charge on any atom is -0.466 e. The lowest BCUT2D eigenvalue weighted by molar-refractivity contribution is -0.144. The highest BCUT2D eigenvalue weighted by Gasteiger charge is 2.17. The molecule has 19 heavy (non-hydrogen) atoms. The minimum atomic E-state index is -0.513. The van der Waals surface area contributed by atoms with Crippen molar-refractivity contribution in [2.75, 3.05) is 6.61 Å². The van der Waals surface area contributed by atoms with Crippen LogP contribution in [0.4, 0.5) is 0 Å². The van der Waals surface area contributed by atoms with Crippen LogP contribution in [-0.4, -0.2) is 23.8 Å². The zero-order valence-electron chi connectivity index (χ0n) is 11.8. The molecular formula is C16H24O3. The molecule has 0 spiro atoms. The number of unbranched alkanes of at least 4 members (excludes halogenated alkanes) is 1. The maximum absolute atomic E-state index is 11.4. The zero-order chi connectivity index (χ0) is 14.1. The Kier molecular flexibility index (Phi) is 7.19. The summed E-state index contributed by atoms with van der Waals surface area (Å²) < 4.78 is 5.07. The van der Waals surface area contributed by atoms with Gasteiger partial charge in [0.05, 0.1) is 12.7 Å². The van der Waals surface area contributed by atoms with Gasteiger partial charge >= 0.3 is 5.97 Å². The van der Waals surface area contributed by atoms with Crippen LogP contribution in [-0.2, 0) is 9.53 Å². The highest BCUT2D eigenvalue weighted by molar-refractivity contribution is 5.69. The third kappa shape index (κ3) is 5.88. The number of benzene rings is 1. The maximum atomic E-state index is 11.4. The third-order valence-electron chi connectivity index (χ3n) is 3.31. The molecular weight excluding hydrogens is 240 g/mol. The van der Waals surface area contributed by atoms with E-state index in [2.05, 4.69) is 6.92 Å². The number of esters is 1. The fourth-order valence-corrected chi connectivity index (χ4v) is 1.90. The van der Waals surface area contributed by atoms with Gasteiger partial charge in [-0.05, 0) is 18.4 Å². The first-order chi connectivity index (χ1) is 9.15. The molecule has 0 heterocycles. The van der Waals surface area contributed by atoms with Crippen molar-refractivity contribution in [3.05, 3.63) is 35.9 Å². The molecule has 0 saturated carbocycles. The quantitative estimate of drug-likeness (QED) is 0.579. The molecule has 1 rings (SSSR count). The van der Waals surface area contributed by atoms with Crippen LogP contribution in [0.2, 0.25) is 0 Å². The highest BCUT2D eigenvalue weighted by Crippen LogP contribution is 2.21. The molecule has 0 fully saturated rings. The molecule has 0 aromatic heterocycles. The highest BCUT2D eigenvalue weighted by atomic mass is 16.5. The molecule has 3 heteroatoms. The van der Waals surface area contributed by atoms with E-state index in [1.54, 1.807) is 0 Å². The number of hydrogen-bond acceptors (Lipinski definition) is 3. The van der Waals surface area contributed by atoms with Gasteiger partial charge in [-0.25, -0.2) is 0 Å². The Hall–Kier alpha value is -1.35. The van der Waals surface area contributed by atoms with Gasteiger partial charge in [-0.15, -0.1) is 0 Å². The molecule has 1 aromatic rings. The molecule has 1 aromatic carbocycles. The predicted molar refractivity (Wildman–Crippen MR) is 76.0 cm³/mol. The van der Waals surface area contributed by atoms with Gasteiger partial charge in [0.1, 0.15) is 0 Å². The van der Waals surface area contributed by atoms with Crippen LogP contribution in [0.3, 0.4) is 0 Å². The lowest BCUT2D eigenvalue weighted by Gasteiger charge is -2.18. The van der Waals surface area contributed by atoms with Gasteiger partial charge in [-0.3, -0.25) is 4.79 Å². The van der Waals surface area contributed by atoms with E-state index in [0.29, 0.717) is 13.0 Å². The molecule has 2 atom stereocenters. The van der Waals surface area contributed by atoms with E-state index >= 15 is 0 Å². The largest absolute Gasteiger partial charge is 0.466 e. The van der Waals surface area contributed by atoms with Crippen LogP contribution in [0.5, 0.6) is 0 Å². The summed E-state index contributed by atoms with van der Waals surface area (Å²) >= 11 is 0. The van der Waals surface area contributed by atoms with E-state index in [1.165, 1.54) is 0 Å². The van der Waals surface area contributed by atoms with E-state index in [1.807, 2.05) is 37.3 Å². The molecule has 2 unspecified atom stereocenters.